The van der Waals surface area contributed by atoms with Gasteiger partial charge in [0.25, 0.3) is 0 Å². The smallest absolute Gasteiger partial charge is 0.404 e. The Balaban J connectivity index is 1.61. The molecule has 4 aromatic carbocycles. The molecule has 2 unspecified atom stereocenters. The van der Waals surface area contributed by atoms with Crippen LogP contribution in [0, 0.1) is 0 Å². The lowest BCUT2D eigenvalue weighted by molar-refractivity contribution is 0.194. The summed E-state index contributed by atoms with van der Waals surface area (Å²) < 4.78 is 96.4. The first-order chi connectivity index (χ1) is 30.9. The summed E-state index contributed by atoms with van der Waals surface area (Å²) in [7, 11) is -5.05. The van der Waals surface area contributed by atoms with Gasteiger partial charge in [0.15, 0.2) is 0 Å². The van der Waals surface area contributed by atoms with Gasteiger partial charge in [0, 0.05) is 37.5 Å². The summed E-state index contributed by atoms with van der Waals surface area (Å²) >= 11 is -1.45. The number of allylic oxidation sites excluding steroid dienone is 1. The Morgan fingerprint density at radius 2 is 1.40 bits per heavy atom. The molecule has 2 atom stereocenters. The summed E-state index contributed by atoms with van der Waals surface area (Å²) in [5.41, 5.74) is 2.79. The molecule has 0 fully saturated rings. The number of hydrogen-bond donors (Lipinski definition) is 4. The second-order valence-electron chi connectivity index (χ2n) is 16.1. The summed E-state index contributed by atoms with van der Waals surface area (Å²) in [6.07, 6.45) is 2.25. The quantitative estimate of drug-likeness (QED) is 0.0570. The Kier molecular flexibility index (Phi) is 15.9. The highest BCUT2D eigenvalue weighted by Gasteiger charge is 2.39. The van der Waals surface area contributed by atoms with Gasteiger partial charge in [-0.3, -0.25) is 0 Å². The van der Waals surface area contributed by atoms with Crippen molar-refractivity contribution in [2.24, 2.45) is 0 Å². The Hall–Kier alpha value is -5.55. The molecular weight excluding hydrogens is 897 g/mol. The van der Waals surface area contributed by atoms with Crippen LogP contribution in [-0.4, -0.2) is 102 Å². The first kappa shape index (κ1) is 48.9. The molecule has 0 aliphatic heterocycles. The lowest BCUT2D eigenvalue weighted by Gasteiger charge is -2.30. The Labute approximate surface area is 382 Å². The molecule has 18 nitrogen and oxygen atoms in total. The maximum Gasteiger partial charge on any atom is 0.404 e. The zero-order valence-corrected chi connectivity index (χ0v) is 39.4. The maximum atomic E-state index is 15.9. The van der Waals surface area contributed by atoms with Gasteiger partial charge in [-0.15, -0.1) is 14.9 Å². The van der Waals surface area contributed by atoms with Crippen molar-refractivity contribution in [3.63, 3.8) is 0 Å². The van der Waals surface area contributed by atoms with E-state index in [-0.39, 0.29) is 43.6 Å². The monoisotopic (exact) mass is 950 g/mol. The van der Waals surface area contributed by atoms with Gasteiger partial charge >= 0.3 is 6.09 Å². The molecule has 1 amide bonds. The average molecular weight is 951 g/mol. The summed E-state index contributed by atoms with van der Waals surface area (Å²) in [6, 6.07) is 23.2. The Morgan fingerprint density at radius 1 is 0.846 bits per heavy atom. The molecule has 5 aromatic rings. The molecule has 0 saturated heterocycles. The number of carbonyl (C=O) groups is 1. The first-order valence-electron chi connectivity index (χ1n) is 20.6. The molecule has 0 saturated carbocycles. The number of ether oxygens (including phenoxy) is 3. The van der Waals surface area contributed by atoms with E-state index < -0.39 is 58.6 Å². The number of aromatic nitrogens is 4. The van der Waals surface area contributed by atoms with Gasteiger partial charge in [-0.25, -0.2) is 26.4 Å². The van der Waals surface area contributed by atoms with Crippen LogP contribution in [0.3, 0.4) is 0 Å². The van der Waals surface area contributed by atoms with E-state index in [9.17, 15) is 22.9 Å². The van der Waals surface area contributed by atoms with E-state index in [4.69, 9.17) is 19.3 Å². The van der Waals surface area contributed by atoms with E-state index >= 15 is 8.42 Å². The van der Waals surface area contributed by atoms with Gasteiger partial charge in [0.1, 0.15) is 31.8 Å². The van der Waals surface area contributed by atoms with Crippen LogP contribution in [0.15, 0.2) is 101 Å². The summed E-state index contributed by atoms with van der Waals surface area (Å²) in [6.45, 7) is 4.58. The van der Waals surface area contributed by atoms with E-state index in [0.717, 1.165) is 5.56 Å². The lowest BCUT2D eigenvalue weighted by Crippen LogP contribution is -2.44. The van der Waals surface area contributed by atoms with Crippen LogP contribution in [0.4, 0.5) is 4.79 Å². The summed E-state index contributed by atoms with van der Waals surface area (Å²) in [4.78, 5) is 11.3. The maximum absolute atomic E-state index is 15.9. The third-order valence-corrected chi connectivity index (χ3v) is 15.6. The number of nitrogens with zero attached hydrogens (tertiary/aromatic N) is 5. The molecule has 1 aliphatic carbocycles. The second kappa shape index (κ2) is 21.2. The minimum absolute atomic E-state index is 0.115. The van der Waals surface area contributed by atoms with Crippen molar-refractivity contribution in [1.29, 1.82) is 0 Å². The third kappa shape index (κ3) is 12.4. The predicted octanol–water partition coefficient (Wildman–Crippen LogP) is 5.34. The fourth-order valence-corrected chi connectivity index (χ4v) is 11.3. The largest absolute Gasteiger partial charge is 0.598 e. The number of sulfonamides is 2. The van der Waals surface area contributed by atoms with Crippen molar-refractivity contribution >= 4 is 43.1 Å². The highest BCUT2D eigenvalue weighted by Crippen LogP contribution is 2.42. The summed E-state index contributed by atoms with van der Waals surface area (Å²) in [5, 5.41) is 24.7. The van der Waals surface area contributed by atoms with E-state index in [1.165, 1.54) is 35.5 Å². The van der Waals surface area contributed by atoms with E-state index in [2.05, 4.69) is 25.1 Å². The van der Waals surface area contributed by atoms with Crippen LogP contribution in [0.5, 0.6) is 17.2 Å². The number of methoxy groups -OCH3 is 3. The molecule has 21 heteroatoms. The highest BCUT2D eigenvalue weighted by atomic mass is 32.2. The molecule has 1 aromatic heterocycles. The van der Waals surface area contributed by atoms with Crippen LogP contribution in [0.1, 0.15) is 62.3 Å². The topological polar surface area (TPSA) is 239 Å². The summed E-state index contributed by atoms with van der Waals surface area (Å²) in [5.74, 6) is 1.57. The SMILES string of the molecule is COc1ccc(CN(Cc2ccc(OC)cc2)S(=O)(=O)c2c(S(=O)(=O)NCCNC(=O)O)ccc(C3=CC(N[S+]([O-])C(C)(C)C)CCC3)c2-c2nnn(Cc3ccc(OC)cc3)n2)cc1. The molecule has 348 valence electrons. The van der Waals surface area contributed by atoms with Crippen molar-refractivity contribution in [3.8, 4) is 28.6 Å². The van der Waals surface area contributed by atoms with Gasteiger partial charge < -0.3 is 29.2 Å². The van der Waals surface area contributed by atoms with Crippen LogP contribution in [0.2, 0.25) is 0 Å². The fraction of sp³-hybridized carbons (Fsp3) is 0.364. The number of tetrazole rings is 1. The normalized spacial score (nSPS) is 15.0. The number of carboxylic acid groups (broad SMARTS) is 1. The molecule has 0 bridgehead atoms. The van der Waals surface area contributed by atoms with Gasteiger partial charge in [-0.05, 0) is 116 Å². The number of benzene rings is 4. The minimum atomic E-state index is -4.92. The van der Waals surface area contributed by atoms with E-state index in [1.807, 2.05) is 39.0 Å². The number of nitrogens with one attached hydrogen (secondary N) is 3. The fourth-order valence-electron chi connectivity index (χ4n) is 7.04. The molecule has 4 N–H and O–H groups in total. The Morgan fingerprint density at radius 3 is 1.92 bits per heavy atom. The van der Waals surface area contributed by atoms with Crippen molar-refractivity contribution in [2.45, 2.75) is 80.2 Å². The predicted molar refractivity (Wildman–Crippen MR) is 246 cm³/mol. The van der Waals surface area contributed by atoms with E-state index in [0.29, 0.717) is 58.8 Å². The number of amides is 1. The first-order valence-corrected chi connectivity index (χ1v) is 24.7. The van der Waals surface area contributed by atoms with Crippen molar-refractivity contribution in [3.05, 3.63) is 113 Å². The minimum Gasteiger partial charge on any atom is -0.598 e. The zero-order valence-electron chi connectivity index (χ0n) is 37.0. The second-order valence-corrected chi connectivity index (χ2v) is 21.7. The van der Waals surface area contributed by atoms with Crippen LogP contribution in [-0.2, 0) is 51.0 Å². The molecule has 1 aliphatic rings. The zero-order chi connectivity index (χ0) is 46.9. The van der Waals surface area contributed by atoms with E-state index in [1.54, 1.807) is 67.8 Å². The van der Waals surface area contributed by atoms with Crippen molar-refractivity contribution in [1.82, 2.24) is 39.3 Å². The number of hydrogen-bond acceptors (Lipinski definition) is 13. The third-order valence-electron chi connectivity index (χ3n) is 10.4. The average Bonchev–Trinajstić information content (AvgIpc) is 3.75. The molecule has 6 rings (SSSR count). The molecule has 0 spiro atoms. The molecule has 65 heavy (non-hydrogen) atoms. The molecule has 1 heterocycles. The van der Waals surface area contributed by atoms with Gasteiger partial charge in [-0.2, -0.15) is 9.10 Å². The molecule has 0 radical (unpaired) electrons. The standard InChI is InChI=1S/C44H54N8O10S3/c1-44(2,3)63(55)49-34-9-7-8-33(26-34)38-22-23-39(64(56,57)46-25-24-45-43(53)54)41(40(38)42-47-50-52(48-42)29-32-14-20-37(62-6)21-15-32)65(58,59)51(27-30-10-16-35(60-4)17-11-30)28-31-12-18-36(61-5)19-13-31/h10-23,26,34,45-46,49H,7-9,24-25,27-29H2,1-6H3,(H,53,54). The van der Waals surface area contributed by atoms with Crippen LogP contribution < -0.4 is 29.0 Å². The Bertz CT molecular complexity index is 2620. The van der Waals surface area contributed by atoms with Crippen molar-refractivity contribution < 1.29 is 45.5 Å². The number of rotatable bonds is 20. The van der Waals surface area contributed by atoms with Crippen LogP contribution >= 0.6 is 0 Å². The van der Waals surface area contributed by atoms with Gasteiger partial charge in [0.05, 0.1) is 39.5 Å². The molecular formula is C44H54N8O10S3. The van der Waals surface area contributed by atoms with Crippen molar-refractivity contribution in [2.75, 3.05) is 34.4 Å². The van der Waals surface area contributed by atoms with Gasteiger partial charge in [0.2, 0.25) is 25.9 Å². The van der Waals surface area contributed by atoms with Crippen LogP contribution in [0.25, 0.3) is 17.0 Å². The van der Waals surface area contributed by atoms with Gasteiger partial charge in [-0.1, -0.05) is 48.5 Å². The lowest BCUT2D eigenvalue weighted by atomic mass is 9.88. The highest BCUT2D eigenvalue weighted by molar-refractivity contribution is 7.92.